The van der Waals surface area contributed by atoms with E-state index in [1.54, 1.807) is 0 Å². The molecule has 0 atom stereocenters. The topological polar surface area (TPSA) is 39.2 Å². The molecule has 0 saturated heterocycles. The number of aldehydes is 1. The fourth-order valence-corrected chi connectivity index (χ4v) is 2.48. The van der Waals surface area contributed by atoms with Gasteiger partial charge in [0.2, 0.25) is 0 Å². The van der Waals surface area contributed by atoms with Gasteiger partial charge in [-0.15, -0.1) is 11.3 Å². The summed E-state index contributed by atoms with van der Waals surface area (Å²) in [5, 5.41) is 0.866. The molecule has 18 heavy (non-hydrogen) atoms. The first kappa shape index (κ1) is 12.8. The lowest BCUT2D eigenvalue weighted by atomic mass is 10.2. The number of benzene rings is 1. The monoisotopic (exact) mass is 261 g/mol. The van der Waals surface area contributed by atoms with Gasteiger partial charge in [-0.1, -0.05) is 0 Å². The molecule has 0 unspecified atom stereocenters. The Morgan fingerprint density at radius 1 is 1.28 bits per heavy atom. The second kappa shape index (κ2) is 5.31. The van der Waals surface area contributed by atoms with Crippen LogP contribution in [0.1, 0.15) is 29.2 Å². The molecule has 2 aromatic rings. The number of hydrogen-bond donors (Lipinski definition) is 0. The van der Waals surface area contributed by atoms with Crippen LogP contribution in [0.3, 0.4) is 0 Å². The van der Waals surface area contributed by atoms with Gasteiger partial charge >= 0.3 is 0 Å². The number of carbonyl (C=O) groups excluding carboxylic acids is 1. The van der Waals surface area contributed by atoms with E-state index in [-0.39, 0.29) is 6.10 Å². The Morgan fingerprint density at radius 2 is 1.94 bits per heavy atom. The van der Waals surface area contributed by atoms with Crippen molar-refractivity contribution in [1.82, 2.24) is 4.98 Å². The van der Waals surface area contributed by atoms with Crippen molar-refractivity contribution in [2.75, 3.05) is 0 Å². The summed E-state index contributed by atoms with van der Waals surface area (Å²) in [5.74, 6) is 0.845. The van der Waals surface area contributed by atoms with Crippen LogP contribution in [-0.2, 0) is 0 Å². The summed E-state index contributed by atoms with van der Waals surface area (Å²) in [7, 11) is 0. The van der Waals surface area contributed by atoms with Crippen LogP contribution in [0.25, 0.3) is 10.6 Å². The zero-order valence-electron chi connectivity index (χ0n) is 10.6. The van der Waals surface area contributed by atoms with E-state index >= 15 is 0 Å². The fourth-order valence-electron chi connectivity index (χ4n) is 1.59. The minimum atomic E-state index is 0.166. The highest BCUT2D eigenvalue weighted by Crippen LogP contribution is 2.28. The number of thiazole rings is 1. The normalized spacial score (nSPS) is 10.7. The van der Waals surface area contributed by atoms with Crippen molar-refractivity contribution in [2.24, 2.45) is 0 Å². The molecular weight excluding hydrogens is 246 g/mol. The van der Waals surface area contributed by atoms with Gasteiger partial charge in [-0.05, 0) is 45.0 Å². The minimum absolute atomic E-state index is 0.166. The van der Waals surface area contributed by atoms with Crippen molar-refractivity contribution in [2.45, 2.75) is 26.9 Å². The number of aryl methyl sites for hydroxylation is 1. The standard InChI is InChI=1S/C14H15NO2S/c1-9(2)17-12-6-4-11(5-7-12)14-15-10(3)13(8-16)18-14/h4-9H,1-3H3. The van der Waals surface area contributed by atoms with Gasteiger partial charge < -0.3 is 4.74 Å². The molecule has 1 aromatic carbocycles. The van der Waals surface area contributed by atoms with Crippen molar-refractivity contribution in [3.63, 3.8) is 0 Å². The lowest BCUT2D eigenvalue weighted by molar-refractivity contribution is 0.112. The van der Waals surface area contributed by atoms with E-state index in [2.05, 4.69) is 4.98 Å². The number of ether oxygens (including phenoxy) is 1. The molecule has 1 heterocycles. The molecule has 0 aliphatic heterocycles. The van der Waals surface area contributed by atoms with Crippen LogP contribution in [-0.4, -0.2) is 17.4 Å². The van der Waals surface area contributed by atoms with E-state index in [0.29, 0.717) is 4.88 Å². The molecule has 0 saturated carbocycles. The van der Waals surface area contributed by atoms with Crippen LogP contribution in [0.4, 0.5) is 0 Å². The van der Waals surface area contributed by atoms with Gasteiger partial charge in [0.05, 0.1) is 16.7 Å². The average molecular weight is 261 g/mol. The first-order valence-corrected chi connectivity index (χ1v) is 6.61. The molecule has 2 rings (SSSR count). The van der Waals surface area contributed by atoms with Gasteiger partial charge in [0.15, 0.2) is 6.29 Å². The van der Waals surface area contributed by atoms with Crippen LogP contribution in [0.5, 0.6) is 5.75 Å². The van der Waals surface area contributed by atoms with Gasteiger partial charge in [0.1, 0.15) is 10.8 Å². The second-order valence-electron chi connectivity index (χ2n) is 4.28. The molecule has 94 valence electrons. The summed E-state index contributed by atoms with van der Waals surface area (Å²) in [6.45, 7) is 5.84. The van der Waals surface area contributed by atoms with Gasteiger partial charge in [-0.25, -0.2) is 4.98 Å². The summed E-state index contributed by atoms with van der Waals surface area (Å²) >= 11 is 1.41. The highest BCUT2D eigenvalue weighted by molar-refractivity contribution is 7.16. The van der Waals surface area contributed by atoms with E-state index in [9.17, 15) is 4.79 Å². The lowest BCUT2D eigenvalue weighted by Crippen LogP contribution is -2.05. The molecule has 3 nitrogen and oxygen atoms in total. The Hall–Kier alpha value is -1.68. The van der Waals surface area contributed by atoms with Gasteiger partial charge in [0.25, 0.3) is 0 Å². The van der Waals surface area contributed by atoms with E-state index in [4.69, 9.17) is 4.74 Å². The van der Waals surface area contributed by atoms with E-state index in [1.165, 1.54) is 11.3 Å². The van der Waals surface area contributed by atoms with Crippen LogP contribution in [0, 0.1) is 6.92 Å². The third-order valence-corrected chi connectivity index (χ3v) is 3.54. The smallest absolute Gasteiger partial charge is 0.161 e. The summed E-state index contributed by atoms with van der Waals surface area (Å²) in [5.41, 5.74) is 1.79. The van der Waals surface area contributed by atoms with Crippen LogP contribution < -0.4 is 4.74 Å². The number of nitrogens with zero attached hydrogens (tertiary/aromatic N) is 1. The maximum Gasteiger partial charge on any atom is 0.161 e. The molecule has 0 fully saturated rings. The molecule has 0 radical (unpaired) electrons. The summed E-state index contributed by atoms with van der Waals surface area (Å²) in [6, 6.07) is 7.77. The molecular formula is C14H15NO2S. The second-order valence-corrected chi connectivity index (χ2v) is 5.31. The number of aromatic nitrogens is 1. The van der Waals surface area contributed by atoms with Gasteiger partial charge in [-0.3, -0.25) is 4.79 Å². The van der Waals surface area contributed by atoms with E-state index in [1.807, 2.05) is 45.0 Å². The van der Waals surface area contributed by atoms with E-state index in [0.717, 1.165) is 28.3 Å². The SMILES string of the molecule is Cc1nc(-c2ccc(OC(C)C)cc2)sc1C=O. The number of rotatable bonds is 4. The molecule has 0 bridgehead atoms. The third-order valence-electron chi connectivity index (χ3n) is 2.41. The Balaban J connectivity index is 2.25. The average Bonchev–Trinajstić information content (AvgIpc) is 2.71. The molecule has 0 amide bonds. The molecule has 0 N–H and O–H groups in total. The number of hydrogen-bond acceptors (Lipinski definition) is 4. The number of carbonyl (C=O) groups is 1. The molecule has 4 heteroatoms. The van der Waals surface area contributed by atoms with Crippen molar-refractivity contribution in [3.8, 4) is 16.3 Å². The Kier molecular flexibility index (Phi) is 3.77. The van der Waals surface area contributed by atoms with Crippen molar-refractivity contribution < 1.29 is 9.53 Å². The minimum Gasteiger partial charge on any atom is -0.491 e. The maximum absolute atomic E-state index is 10.8. The van der Waals surface area contributed by atoms with Crippen molar-refractivity contribution >= 4 is 17.6 Å². The molecule has 0 aliphatic carbocycles. The summed E-state index contributed by atoms with van der Waals surface area (Å²) in [6.07, 6.45) is 1.02. The summed E-state index contributed by atoms with van der Waals surface area (Å²) in [4.78, 5) is 15.9. The van der Waals surface area contributed by atoms with Crippen LogP contribution in [0.15, 0.2) is 24.3 Å². The first-order valence-electron chi connectivity index (χ1n) is 5.80. The third kappa shape index (κ3) is 2.76. The van der Waals surface area contributed by atoms with Crippen LogP contribution >= 0.6 is 11.3 Å². The zero-order chi connectivity index (χ0) is 13.1. The predicted octanol–water partition coefficient (Wildman–Crippen LogP) is 3.72. The maximum atomic E-state index is 10.8. The van der Waals surface area contributed by atoms with Crippen molar-refractivity contribution in [3.05, 3.63) is 34.8 Å². The molecule has 0 aliphatic rings. The molecule has 0 spiro atoms. The highest BCUT2D eigenvalue weighted by Gasteiger charge is 2.08. The predicted molar refractivity (Wildman–Crippen MR) is 73.4 cm³/mol. The zero-order valence-corrected chi connectivity index (χ0v) is 11.5. The summed E-state index contributed by atoms with van der Waals surface area (Å²) < 4.78 is 5.58. The van der Waals surface area contributed by atoms with Crippen LogP contribution in [0.2, 0.25) is 0 Å². The van der Waals surface area contributed by atoms with Crippen molar-refractivity contribution in [1.29, 1.82) is 0 Å². The Labute approximate surface area is 110 Å². The lowest BCUT2D eigenvalue weighted by Gasteiger charge is -2.09. The van der Waals surface area contributed by atoms with E-state index < -0.39 is 0 Å². The highest BCUT2D eigenvalue weighted by atomic mass is 32.1. The first-order chi connectivity index (χ1) is 8.60. The fraction of sp³-hybridized carbons (Fsp3) is 0.286. The quantitative estimate of drug-likeness (QED) is 0.787. The Morgan fingerprint density at radius 3 is 2.44 bits per heavy atom. The van der Waals surface area contributed by atoms with Gasteiger partial charge in [-0.2, -0.15) is 0 Å². The molecule has 1 aromatic heterocycles. The largest absolute Gasteiger partial charge is 0.491 e. The Bertz CT molecular complexity index is 543. The van der Waals surface area contributed by atoms with Gasteiger partial charge in [0, 0.05) is 5.56 Å².